The molecule has 1 N–H and O–H groups in total. The average molecular weight is 336 g/mol. The Morgan fingerprint density at radius 3 is 2.62 bits per heavy atom. The van der Waals surface area contributed by atoms with E-state index in [1.807, 2.05) is 13.8 Å². The summed E-state index contributed by atoms with van der Waals surface area (Å²) in [4.78, 5) is 11.7. The van der Waals surface area contributed by atoms with Crippen molar-refractivity contribution in [3.63, 3.8) is 0 Å². The van der Waals surface area contributed by atoms with Crippen molar-refractivity contribution in [2.24, 2.45) is 0 Å². The summed E-state index contributed by atoms with van der Waals surface area (Å²) in [6, 6.07) is 4.03. The lowest BCUT2D eigenvalue weighted by Gasteiger charge is -2.13. The summed E-state index contributed by atoms with van der Waals surface area (Å²) in [7, 11) is 2.65. The Morgan fingerprint density at radius 1 is 1.43 bits per heavy atom. The first-order chi connectivity index (χ1) is 9.79. The summed E-state index contributed by atoms with van der Waals surface area (Å²) in [5.74, 6) is -0.324. The lowest BCUT2D eigenvalue weighted by atomic mass is 10.2. The molecule has 0 radical (unpaired) electrons. The number of benzene rings is 1. The highest BCUT2D eigenvalue weighted by atomic mass is 35.7. The van der Waals surface area contributed by atoms with Gasteiger partial charge >= 0.3 is 0 Å². The molecule has 0 fully saturated rings. The number of carbonyl (C=O) groups excluding carboxylic acids is 1. The third-order valence-corrected chi connectivity index (χ3v) is 4.03. The Balaban J connectivity index is 2.91. The maximum absolute atomic E-state index is 12.0. The van der Waals surface area contributed by atoms with Crippen molar-refractivity contribution in [3.05, 3.63) is 23.8 Å². The van der Waals surface area contributed by atoms with Crippen LogP contribution in [-0.4, -0.2) is 40.7 Å². The third kappa shape index (κ3) is 5.18. The second-order valence-corrected chi connectivity index (χ2v) is 6.81. The van der Waals surface area contributed by atoms with Crippen LogP contribution in [0, 0.1) is 0 Å². The van der Waals surface area contributed by atoms with Gasteiger partial charge in [0.05, 0.1) is 13.2 Å². The summed E-state index contributed by atoms with van der Waals surface area (Å²) in [6.07, 6.45) is -0.131. The van der Waals surface area contributed by atoms with Crippen LogP contribution in [0.25, 0.3) is 0 Å². The molecule has 0 saturated carbocycles. The van der Waals surface area contributed by atoms with Gasteiger partial charge in [-0.3, -0.25) is 4.79 Å². The molecule has 8 heteroatoms. The first-order valence-electron chi connectivity index (χ1n) is 6.32. The van der Waals surface area contributed by atoms with E-state index in [0.29, 0.717) is 13.2 Å². The fourth-order valence-corrected chi connectivity index (χ4v) is 2.71. The number of amides is 1. The molecule has 1 unspecified atom stereocenters. The summed E-state index contributed by atoms with van der Waals surface area (Å²) in [6.45, 7) is 4.56. The van der Waals surface area contributed by atoms with E-state index >= 15 is 0 Å². The van der Waals surface area contributed by atoms with Gasteiger partial charge in [-0.25, -0.2) is 8.42 Å². The molecule has 1 aromatic carbocycles. The Kier molecular flexibility index (Phi) is 6.44. The molecule has 118 valence electrons. The minimum atomic E-state index is -4.00. The molecule has 1 atom stereocenters. The van der Waals surface area contributed by atoms with Crippen molar-refractivity contribution in [2.45, 2.75) is 24.8 Å². The number of hydrogen-bond acceptors (Lipinski definition) is 5. The highest BCUT2D eigenvalue weighted by Crippen LogP contribution is 2.27. The standard InChI is InChI=1S/C13H18ClNO5S/c1-4-20-9(2)8-15-13(16)10-5-6-11(19-3)12(7-10)21(14,17)18/h5-7,9H,4,8H2,1-3H3,(H,15,16). The topological polar surface area (TPSA) is 81.7 Å². The third-order valence-electron chi connectivity index (χ3n) is 2.69. The fraction of sp³-hybridized carbons (Fsp3) is 0.462. The van der Waals surface area contributed by atoms with E-state index in [2.05, 4.69) is 5.32 Å². The van der Waals surface area contributed by atoms with Gasteiger partial charge < -0.3 is 14.8 Å². The maximum Gasteiger partial charge on any atom is 0.265 e. The predicted octanol–water partition coefficient (Wildman–Crippen LogP) is 1.78. The van der Waals surface area contributed by atoms with Crippen LogP contribution in [0.3, 0.4) is 0 Å². The van der Waals surface area contributed by atoms with Gasteiger partial charge in [-0.1, -0.05) is 0 Å². The minimum Gasteiger partial charge on any atom is -0.495 e. The van der Waals surface area contributed by atoms with Gasteiger partial charge in [0.15, 0.2) is 0 Å². The molecule has 0 spiro atoms. The summed E-state index contributed by atoms with van der Waals surface area (Å²) < 4.78 is 33.2. The molecule has 0 heterocycles. The van der Waals surface area contributed by atoms with Crippen LogP contribution in [0.5, 0.6) is 5.75 Å². The lowest BCUT2D eigenvalue weighted by molar-refractivity contribution is 0.0695. The first-order valence-corrected chi connectivity index (χ1v) is 8.63. The van der Waals surface area contributed by atoms with Crippen LogP contribution >= 0.6 is 10.7 Å². The van der Waals surface area contributed by atoms with Gasteiger partial charge in [-0.05, 0) is 32.0 Å². The quantitative estimate of drug-likeness (QED) is 0.768. The van der Waals surface area contributed by atoms with Crippen molar-refractivity contribution in [2.75, 3.05) is 20.3 Å². The molecule has 0 aromatic heterocycles. The summed E-state index contributed by atoms with van der Waals surface area (Å²) >= 11 is 0. The fourth-order valence-electron chi connectivity index (χ4n) is 1.69. The first kappa shape index (κ1) is 17.7. The van der Waals surface area contributed by atoms with Crippen molar-refractivity contribution in [3.8, 4) is 5.75 Å². The molecular weight excluding hydrogens is 318 g/mol. The Hall–Kier alpha value is -1.31. The van der Waals surface area contributed by atoms with E-state index in [1.54, 1.807) is 0 Å². The molecule has 0 aliphatic carbocycles. The molecule has 21 heavy (non-hydrogen) atoms. The van der Waals surface area contributed by atoms with Crippen LogP contribution in [-0.2, 0) is 13.8 Å². The summed E-state index contributed by atoms with van der Waals surface area (Å²) in [5.41, 5.74) is 0.179. The molecule has 0 aliphatic rings. The number of ether oxygens (including phenoxy) is 2. The van der Waals surface area contributed by atoms with Crippen LogP contribution in [0.2, 0.25) is 0 Å². The zero-order valence-electron chi connectivity index (χ0n) is 12.1. The van der Waals surface area contributed by atoms with E-state index in [-0.39, 0.29) is 22.3 Å². The second-order valence-electron chi connectivity index (χ2n) is 4.28. The summed E-state index contributed by atoms with van der Waals surface area (Å²) in [5, 5.41) is 2.66. The van der Waals surface area contributed by atoms with Crippen molar-refractivity contribution in [1.29, 1.82) is 0 Å². The minimum absolute atomic E-state index is 0.0873. The Morgan fingerprint density at radius 2 is 2.10 bits per heavy atom. The van der Waals surface area contributed by atoms with E-state index < -0.39 is 15.0 Å². The molecule has 1 aromatic rings. The number of methoxy groups -OCH3 is 1. The van der Waals surface area contributed by atoms with Crippen LogP contribution in [0.4, 0.5) is 0 Å². The SMILES string of the molecule is CCOC(C)CNC(=O)c1ccc(OC)c(S(=O)(=O)Cl)c1. The average Bonchev–Trinajstić information content (AvgIpc) is 2.43. The molecule has 1 rings (SSSR count). The highest BCUT2D eigenvalue weighted by Gasteiger charge is 2.19. The molecule has 0 aliphatic heterocycles. The Bertz CT molecular complexity index is 603. The largest absolute Gasteiger partial charge is 0.495 e. The number of rotatable bonds is 7. The van der Waals surface area contributed by atoms with Crippen LogP contribution < -0.4 is 10.1 Å². The van der Waals surface area contributed by atoms with Gasteiger partial charge in [0.2, 0.25) is 0 Å². The van der Waals surface area contributed by atoms with Gasteiger partial charge in [-0.15, -0.1) is 0 Å². The Labute approximate surface area is 128 Å². The lowest BCUT2D eigenvalue weighted by Crippen LogP contribution is -2.32. The van der Waals surface area contributed by atoms with Gasteiger partial charge in [0.1, 0.15) is 10.6 Å². The van der Waals surface area contributed by atoms with E-state index in [9.17, 15) is 13.2 Å². The zero-order valence-corrected chi connectivity index (χ0v) is 13.6. The normalized spacial score (nSPS) is 12.8. The van der Waals surface area contributed by atoms with Crippen molar-refractivity contribution in [1.82, 2.24) is 5.32 Å². The molecule has 6 nitrogen and oxygen atoms in total. The predicted molar refractivity (Wildman–Crippen MR) is 79.5 cm³/mol. The number of nitrogens with one attached hydrogen (secondary N) is 1. The van der Waals surface area contributed by atoms with Crippen molar-refractivity contribution < 1.29 is 22.7 Å². The van der Waals surface area contributed by atoms with Gasteiger partial charge in [0.25, 0.3) is 15.0 Å². The number of carbonyl (C=O) groups is 1. The maximum atomic E-state index is 12.0. The van der Waals surface area contributed by atoms with Crippen molar-refractivity contribution >= 4 is 25.6 Å². The molecular formula is C13H18ClNO5S. The monoisotopic (exact) mass is 335 g/mol. The zero-order chi connectivity index (χ0) is 16.0. The molecule has 0 bridgehead atoms. The molecule has 1 amide bonds. The number of hydrogen-bond donors (Lipinski definition) is 1. The van der Waals surface area contributed by atoms with E-state index in [0.717, 1.165) is 0 Å². The smallest absolute Gasteiger partial charge is 0.265 e. The number of halogens is 1. The van der Waals surface area contributed by atoms with Crippen LogP contribution in [0.15, 0.2) is 23.1 Å². The van der Waals surface area contributed by atoms with Gasteiger partial charge in [-0.2, -0.15) is 0 Å². The van der Waals surface area contributed by atoms with E-state index in [1.165, 1.54) is 25.3 Å². The molecule has 0 saturated heterocycles. The second kappa shape index (κ2) is 7.63. The van der Waals surface area contributed by atoms with E-state index in [4.69, 9.17) is 20.2 Å². The van der Waals surface area contributed by atoms with Gasteiger partial charge in [0, 0.05) is 29.4 Å². The van der Waals surface area contributed by atoms with Crippen LogP contribution in [0.1, 0.15) is 24.2 Å². The highest BCUT2D eigenvalue weighted by molar-refractivity contribution is 8.13.